The molecule has 1 aliphatic heterocycles. The van der Waals surface area contributed by atoms with E-state index in [0.29, 0.717) is 0 Å². The first-order valence-electron chi connectivity index (χ1n) is 7.71. The van der Waals surface area contributed by atoms with Gasteiger partial charge in [0.2, 0.25) is 0 Å². The standard InChI is InChI=1S/C15H28N4/c1-11(2)13(12(3)4)9-16-10-15-18-17-14-7-5-6-8-19(14)15/h11-13,16H,5-10H2,1-4H3. The van der Waals surface area contributed by atoms with Crippen LogP contribution in [0, 0.1) is 17.8 Å². The zero-order valence-electron chi connectivity index (χ0n) is 12.8. The zero-order valence-corrected chi connectivity index (χ0v) is 12.8. The Balaban J connectivity index is 1.87. The fourth-order valence-electron chi connectivity index (χ4n) is 3.09. The van der Waals surface area contributed by atoms with Crippen molar-refractivity contribution in [3.05, 3.63) is 11.6 Å². The van der Waals surface area contributed by atoms with E-state index in [4.69, 9.17) is 0 Å². The zero-order chi connectivity index (χ0) is 13.8. The Morgan fingerprint density at radius 2 is 1.84 bits per heavy atom. The number of fused-ring (bicyclic) bond motifs is 1. The van der Waals surface area contributed by atoms with E-state index in [1.54, 1.807) is 0 Å². The summed E-state index contributed by atoms with van der Waals surface area (Å²) in [6.45, 7) is 12.3. The number of aryl methyl sites for hydroxylation is 1. The third kappa shape index (κ3) is 3.56. The molecule has 0 bridgehead atoms. The molecule has 2 rings (SSSR count). The number of nitrogens with zero attached hydrogens (tertiary/aromatic N) is 3. The van der Waals surface area contributed by atoms with Crippen LogP contribution >= 0.6 is 0 Å². The molecule has 108 valence electrons. The van der Waals surface area contributed by atoms with Crippen molar-refractivity contribution < 1.29 is 0 Å². The van der Waals surface area contributed by atoms with Crippen molar-refractivity contribution in [3.8, 4) is 0 Å². The van der Waals surface area contributed by atoms with Crippen LogP contribution in [-0.4, -0.2) is 21.3 Å². The summed E-state index contributed by atoms with van der Waals surface area (Å²) in [5, 5.41) is 12.2. The molecule has 1 aromatic rings. The van der Waals surface area contributed by atoms with Crippen LogP contribution < -0.4 is 5.32 Å². The van der Waals surface area contributed by atoms with E-state index >= 15 is 0 Å². The van der Waals surface area contributed by atoms with Gasteiger partial charge in [-0.25, -0.2) is 0 Å². The second kappa shape index (κ2) is 6.51. The maximum absolute atomic E-state index is 4.33. The van der Waals surface area contributed by atoms with Crippen LogP contribution in [0.2, 0.25) is 0 Å². The molecule has 4 heteroatoms. The fraction of sp³-hybridized carbons (Fsp3) is 0.867. The first-order chi connectivity index (χ1) is 9.09. The summed E-state index contributed by atoms with van der Waals surface area (Å²) in [6.07, 6.45) is 3.61. The molecule has 0 radical (unpaired) electrons. The van der Waals surface area contributed by atoms with Crippen LogP contribution in [0.5, 0.6) is 0 Å². The number of hydrogen-bond acceptors (Lipinski definition) is 3. The molecule has 0 spiro atoms. The molecule has 19 heavy (non-hydrogen) atoms. The largest absolute Gasteiger partial charge is 0.314 e. The van der Waals surface area contributed by atoms with Crippen molar-refractivity contribution in [1.82, 2.24) is 20.1 Å². The van der Waals surface area contributed by atoms with E-state index in [2.05, 4.69) is 47.8 Å². The molecular weight excluding hydrogens is 236 g/mol. The van der Waals surface area contributed by atoms with Gasteiger partial charge in [-0.3, -0.25) is 0 Å². The predicted octanol–water partition coefficient (Wildman–Crippen LogP) is 2.63. The summed E-state index contributed by atoms with van der Waals surface area (Å²) in [6, 6.07) is 0. The van der Waals surface area contributed by atoms with Crippen molar-refractivity contribution in [3.63, 3.8) is 0 Å². The van der Waals surface area contributed by atoms with Crippen LogP contribution in [0.15, 0.2) is 0 Å². The normalized spacial score (nSPS) is 15.5. The summed E-state index contributed by atoms with van der Waals surface area (Å²) in [5.41, 5.74) is 0. The van der Waals surface area contributed by atoms with Crippen LogP contribution in [0.4, 0.5) is 0 Å². The van der Waals surface area contributed by atoms with Crippen molar-refractivity contribution in [2.24, 2.45) is 17.8 Å². The highest BCUT2D eigenvalue weighted by atomic mass is 15.3. The summed E-state index contributed by atoms with van der Waals surface area (Å²) < 4.78 is 2.30. The van der Waals surface area contributed by atoms with Gasteiger partial charge in [-0.05, 0) is 37.1 Å². The van der Waals surface area contributed by atoms with E-state index in [1.807, 2.05) is 0 Å². The third-order valence-electron chi connectivity index (χ3n) is 4.31. The maximum atomic E-state index is 4.33. The Hall–Kier alpha value is -0.900. The van der Waals surface area contributed by atoms with Crippen molar-refractivity contribution in [1.29, 1.82) is 0 Å². The maximum Gasteiger partial charge on any atom is 0.147 e. The highest BCUT2D eigenvalue weighted by Gasteiger charge is 2.18. The van der Waals surface area contributed by atoms with E-state index < -0.39 is 0 Å². The number of rotatable bonds is 6. The number of nitrogens with one attached hydrogen (secondary N) is 1. The van der Waals surface area contributed by atoms with Gasteiger partial charge >= 0.3 is 0 Å². The minimum Gasteiger partial charge on any atom is -0.314 e. The van der Waals surface area contributed by atoms with Crippen molar-refractivity contribution >= 4 is 0 Å². The molecule has 1 aliphatic rings. The Labute approximate surface area is 117 Å². The SMILES string of the molecule is CC(C)C(CNCc1nnc2n1CCCC2)C(C)C. The molecular formula is C15H28N4. The lowest BCUT2D eigenvalue weighted by molar-refractivity contribution is 0.274. The highest BCUT2D eigenvalue weighted by molar-refractivity contribution is 4.98. The molecule has 0 amide bonds. The second-order valence-corrected chi connectivity index (χ2v) is 6.42. The van der Waals surface area contributed by atoms with Crippen LogP contribution in [0.1, 0.15) is 52.2 Å². The minimum absolute atomic E-state index is 0.722. The summed E-state index contributed by atoms with van der Waals surface area (Å²) in [5.74, 6) is 4.46. The van der Waals surface area contributed by atoms with E-state index in [1.165, 1.54) is 18.7 Å². The average molecular weight is 264 g/mol. The lowest BCUT2D eigenvalue weighted by Crippen LogP contribution is -2.30. The van der Waals surface area contributed by atoms with Crippen molar-refractivity contribution in [2.75, 3.05) is 6.54 Å². The lowest BCUT2D eigenvalue weighted by atomic mass is 9.85. The topological polar surface area (TPSA) is 42.7 Å². The molecule has 1 aromatic heterocycles. The van der Waals surface area contributed by atoms with E-state index in [9.17, 15) is 0 Å². The first kappa shape index (κ1) is 14.5. The van der Waals surface area contributed by atoms with Gasteiger partial charge in [0.1, 0.15) is 11.6 Å². The summed E-state index contributed by atoms with van der Waals surface area (Å²) >= 11 is 0. The highest BCUT2D eigenvalue weighted by Crippen LogP contribution is 2.19. The smallest absolute Gasteiger partial charge is 0.147 e. The number of hydrogen-bond donors (Lipinski definition) is 1. The summed E-state index contributed by atoms with van der Waals surface area (Å²) in [4.78, 5) is 0. The Kier molecular flexibility index (Phi) is 4.97. The van der Waals surface area contributed by atoms with Gasteiger partial charge in [0.15, 0.2) is 0 Å². The van der Waals surface area contributed by atoms with E-state index in [-0.39, 0.29) is 0 Å². The molecule has 4 nitrogen and oxygen atoms in total. The third-order valence-corrected chi connectivity index (χ3v) is 4.31. The quantitative estimate of drug-likeness (QED) is 0.859. The fourth-order valence-corrected chi connectivity index (χ4v) is 3.09. The molecule has 0 aromatic carbocycles. The lowest BCUT2D eigenvalue weighted by Gasteiger charge is -2.25. The van der Waals surface area contributed by atoms with Crippen LogP contribution in [0.25, 0.3) is 0 Å². The second-order valence-electron chi connectivity index (χ2n) is 6.42. The predicted molar refractivity (Wildman–Crippen MR) is 77.8 cm³/mol. The molecule has 1 N–H and O–H groups in total. The minimum atomic E-state index is 0.722. The van der Waals surface area contributed by atoms with Gasteiger partial charge in [-0.15, -0.1) is 10.2 Å². The van der Waals surface area contributed by atoms with Gasteiger partial charge in [0.25, 0.3) is 0 Å². The molecule has 0 aliphatic carbocycles. The van der Waals surface area contributed by atoms with Crippen LogP contribution in [-0.2, 0) is 19.5 Å². The monoisotopic (exact) mass is 264 g/mol. The van der Waals surface area contributed by atoms with Gasteiger partial charge in [-0.2, -0.15) is 0 Å². The van der Waals surface area contributed by atoms with Crippen molar-refractivity contribution in [2.45, 2.75) is 60.0 Å². The molecule has 0 saturated carbocycles. The molecule has 2 heterocycles. The van der Waals surface area contributed by atoms with E-state index in [0.717, 1.165) is 49.6 Å². The van der Waals surface area contributed by atoms with Gasteiger partial charge in [-0.1, -0.05) is 27.7 Å². The summed E-state index contributed by atoms with van der Waals surface area (Å²) in [7, 11) is 0. The van der Waals surface area contributed by atoms with Gasteiger partial charge in [0.05, 0.1) is 6.54 Å². The Morgan fingerprint density at radius 3 is 2.53 bits per heavy atom. The van der Waals surface area contributed by atoms with Crippen LogP contribution in [0.3, 0.4) is 0 Å². The Bertz CT molecular complexity index is 387. The average Bonchev–Trinajstić information content (AvgIpc) is 2.77. The number of aromatic nitrogens is 3. The Morgan fingerprint density at radius 1 is 1.11 bits per heavy atom. The van der Waals surface area contributed by atoms with Gasteiger partial charge in [0, 0.05) is 13.0 Å². The molecule has 0 saturated heterocycles. The molecule has 0 unspecified atom stereocenters. The molecule has 0 fully saturated rings. The van der Waals surface area contributed by atoms with Gasteiger partial charge < -0.3 is 9.88 Å². The molecule has 0 atom stereocenters. The first-order valence-corrected chi connectivity index (χ1v) is 7.71.